The van der Waals surface area contributed by atoms with Gasteiger partial charge in [0.2, 0.25) is 0 Å². The number of hydroxylamine groups is 2. The molecule has 1 radical (unpaired) electrons. The normalized spacial score (nSPS) is 9.60. The average Bonchev–Trinajstić information content (AvgIpc) is 1.81. The van der Waals surface area contributed by atoms with Gasteiger partial charge in [0.15, 0.2) is 0 Å². The van der Waals surface area contributed by atoms with Gasteiger partial charge in [-0.3, -0.25) is 0 Å². The first-order valence-electron chi connectivity index (χ1n) is 2.61. The molecule has 57 valence electrons. The third-order valence-electron chi connectivity index (χ3n) is 0.634. The van der Waals surface area contributed by atoms with Gasteiger partial charge in [-0.1, -0.05) is 4.84 Å². The summed E-state index contributed by atoms with van der Waals surface area (Å²) in [5.74, 6) is -1.09. The lowest BCUT2D eigenvalue weighted by molar-refractivity contribution is -0.244. The Bertz CT molecular complexity index is 145. The summed E-state index contributed by atoms with van der Waals surface area (Å²) in [6.07, 6.45) is 0. The van der Waals surface area contributed by atoms with Gasteiger partial charge in [0.05, 0.1) is 6.92 Å². The first-order chi connectivity index (χ1) is 4.57. The first kappa shape index (κ1) is 9.06. The Morgan fingerprint density at radius 1 is 1.30 bits per heavy atom. The van der Waals surface area contributed by atoms with Crippen molar-refractivity contribution >= 4 is 11.9 Å². The summed E-state index contributed by atoms with van der Waals surface area (Å²) >= 11 is 0. The Labute approximate surface area is 58.4 Å². The van der Waals surface area contributed by atoms with Crippen molar-refractivity contribution in [2.45, 2.75) is 13.8 Å². The molecule has 0 atom stereocenters. The lowest BCUT2D eigenvalue weighted by Crippen LogP contribution is -2.35. The first-order valence-corrected chi connectivity index (χ1v) is 2.61. The van der Waals surface area contributed by atoms with Crippen LogP contribution in [0.1, 0.15) is 13.8 Å². The molecule has 5 nitrogen and oxygen atoms in total. The van der Waals surface area contributed by atoms with Crippen LogP contribution in [0.4, 0.5) is 0 Å². The summed E-state index contributed by atoms with van der Waals surface area (Å²) in [4.78, 5) is 29.3. The predicted octanol–water partition coefficient (Wildman–Crippen LogP) is -0.287. The van der Waals surface area contributed by atoms with E-state index in [1.54, 1.807) is 0 Å². The largest absolute Gasteiger partial charge is 0.448 e. The Morgan fingerprint density at radius 3 is 1.90 bits per heavy atom. The zero-order valence-electron chi connectivity index (χ0n) is 6.08. The molecule has 1 amide bonds. The van der Waals surface area contributed by atoms with E-state index >= 15 is 0 Å². The number of carbonyl (C=O) groups is 2. The molecule has 0 aromatic heterocycles. The van der Waals surface area contributed by atoms with Gasteiger partial charge in [0.1, 0.15) is 7.11 Å². The molecule has 10 heavy (non-hydrogen) atoms. The minimum Gasteiger partial charge on any atom is -0.245 e. The average molecular weight is 147 g/mol. The molecule has 0 spiro atoms. The van der Waals surface area contributed by atoms with Gasteiger partial charge in [0.25, 0.3) is 5.23 Å². The monoisotopic (exact) mass is 147 g/mol. The van der Waals surface area contributed by atoms with Gasteiger partial charge in [-0.2, -0.15) is 4.84 Å². The number of nitrogens with zero attached hydrogens (tertiary/aromatic N) is 1. The van der Waals surface area contributed by atoms with Crippen LogP contribution >= 0.6 is 0 Å². The van der Waals surface area contributed by atoms with Crippen LogP contribution in [0.5, 0.6) is 0 Å². The highest BCUT2D eigenvalue weighted by Gasteiger charge is 2.28. The Hall–Kier alpha value is -0.940. The summed E-state index contributed by atoms with van der Waals surface area (Å²) in [7, 11) is 1.23. The van der Waals surface area contributed by atoms with Crippen molar-refractivity contribution in [3.63, 3.8) is 0 Å². The van der Waals surface area contributed by atoms with E-state index in [0.717, 1.165) is 0 Å². The van der Waals surface area contributed by atoms with Gasteiger partial charge in [-0.15, -0.1) is 0 Å². The molecule has 0 heterocycles. The summed E-state index contributed by atoms with van der Waals surface area (Å²) < 4.78 is 0. The number of carbonyl (C=O) groups excluding carboxylic acids is 2. The molecule has 0 aliphatic heterocycles. The maximum atomic E-state index is 10.4. The van der Waals surface area contributed by atoms with Crippen LogP contribution in [0.3, 0.4) is 0 Å². The predicted molar refractivity (Wildman–Crippen MR) is 31.6 cm³/mol. The van der Waals surface area contributed by atoms with E-state index in [1.807, 2.05) is 0 Å². The van der Waals surface area contributed by atoms with Crippen molar-refractivity contribution in [2.75, 3.05) is 7.11 Å². The molecule has 5 heteroatoms. The summed E-state index contributed by atoms with van der Waals surface area (Å²) in [5, 5.41) is 0.502. The van der Waals surface area contributed by atoms with Crippen LogP contribution in [-0.2, 0) is 19.3 Å². The van der Waals surface area contributed by atoms with E-state index in [9.17, 15) is 9.59 Å². The van der Waals surface area contributed by atoms with Crippen molar-refractivity contribution in [3.8, 4) is 0 Å². The lowest BCUT2D eigenvalue weighted by atomic mass is 10.7. The van der Waals surface area contributed by atoms with E-state index in [0.29, 0.717) is 5.23 Å². The number of hydrogen-bond donors (Lipinski definition) is 0. The van der Waals surface area contributed by atoms with E-state index in [4.69, 9.17) is 0 Å². The van der Waals surface area contributed by atoms with Gasteiger partial charge in [0, 0.05) is 6.92 Å². The SMILES string of the molecule is CO[N+](OC(C)=O)C(C)=O. The van der Waals surface area contributed by atoms with Crippen molar-refractivity contribution in [1.82, 2.24) is 5.23 Å². The van der Waals surface area contributed by atoms with Crippen LogP contribution < -0.4 is 5.23 Å². The Kier molecular flexibility index (Phi) is 3.60. The third-order valence-corrected chi connectivity index (χ3v) is 0.634. The molecule has 0 fully saturated rings. The summed E-state index contributed by atoms with van der Waals surface area (Å²) in [6.45, 7) is 2.39. The molecule has 0 saturated carbocycles. The summed E-state index contributed by atoms with van der Waals surface area (Å²) in [5.41, 5.74) is 0. The van der Waals surface area contributed by atoms with Crippen molar-refractivity contribution in [2.24, 2.45) is 0 Å². The quantitative estimate of drug-likeness (QED) is 0.478. The Balaban J connectivity index is 3.83. The fourth-order valence-electron chi connectivity index (χ4n) is 0.347. The fraction of sp³-hybridized carbons (Fsp3) is 0.600. The second-order valence-electron chi connectivity index (χ2n) is 1.54. The van der Waals surface area contributed by atoms with Crippen LogP contribution in [0.25, 0.3) is 0 Å². The van der Waals surface area contributed by atoms with Crippen LogP contribution in [0, 0.1) is 0 Å². The molecule has 0 aliphatic rings. The molecule has 0 aliphatic carbocycles. The highest BCUT2D eigenvalue weighted by atomic mass is 17.0. The fourth-order valence-corrected chi connectivity index (χ4v) is 0.347. The molecule has 0 rings (SSSR count). The highest BCUT2D eigenvalue weighted by Crippen LogP contribution is 1.86. The molecule has 0 aromatic carbocycles. The van der Waals surface area contributed by atoms with Crippen molar-refractivity contribution in [3.05, 3.63) is 0 Å². The molecular formula is C5H9NO4+. The van der Waals surface area contributed by atoms with Gasteiger partial charge in [-0.25, -0.2) is 9.59 Å². The van der Waals surface area contributed by atoms with E-state index in [2.05, 4.69) is 9.68 Å². The number of hydrogen-bond acceptors (Lipinski definition) is 4. The zero-order valence-corrected chi connectivity index (χ0v) is 6.08. The molecule has 0 unspecified atom stereocenters. The maximum absolute atomic E-state index is 10.4. The third kappa shape index (κ3) is 3.16. The topological polar surface area (TPSA) is 58.5 Å². The van der Waals surface area contributed by atoms with Gasteiger partial charge < -0.3 is 0 Å². The van der Waals surface area contributed by atoms with E-state index in [-0.39, 0.29) is 0 Å². The highest BCUT2D eigenvalue weighted by molar-refractivity contribution is 5.76. The maximum Gasteiger partial charge on any atom is 0.448 e. The number of rotatable bonds is 1. The number of amides is 1. The molecular weight excluding hydrogens is 138 g/mol. The smallest absolute Gasteiger partial charge is 0.245 e. The van der Waals surface area contributed by atoms with Gasteiger partial charge >= 0.3 is 11.9 Å². The minimum atomic E-state index is -0.600. The zero-order chi connectivity index (χ0) is 8.15. The standard InChI is InChI=1S/C5H9NO4/c1-4(7)6(9-3)10-5(2)8/h1-3H3/q+1. The molecule has 0 bridgehead atoms. The second kappa shape index (κ2) is 3.97. The van der Waals surface area contributed by atoms with Crippen molar-refractivity contribution in [1.29, 1.82) is 0 Å². The van der Waals surface area contributed by atoms with E-state index in [1.165, 1.54) is 21.0 Å². The molecule has 0 aromatic rings. The van der Waals surface area contributed by atoms with E-state index < -0.39 is 11.9 Å². The molecule has 0 saturated heterocycles. The van der Waals surface area contributed by atoms with Crippen LogP contribution in [0.2, 0.25) is 0 Å². The Morgan fingerprint density at radius 2 is 1.80 bits per heavy atom. The van der Waals surface area contributed by atoms with Gasteiger partial charge in [-0.05, 0) is 0 Å². The second-order valence-corrected chi connectivity index (χ2v) is 1.54. The van der Waals surface area contributed by atoms with Crippen LogP contribution in [0.15, 0.2) is 0 Å². The minimum absolute atomic E-state index is 0.488. The summed E-state index contributed by atoms with van der Waals surface area (Å²) in [6, 6.07) is 0. The van der Waals surface area contributed by atoms with Crippen molar-refractivity contribution < 1.29 is 19.3 Å². The molecule has 0 N–H and O–H groups in total. The van der Waals surface area contributed by atoms with Crippen LogP contribution in [-0.4, -0.2) is 19.0 Å². The lowest BCUT2D eigenvalue weighted by Gasteiger charge is -1.95.